The molecule has 2 rings (SSSR count). The van der Waals surface area contributed by atoms with Crippen LogP contribution in [0.15, 0.2) is 18.2 Å². The molecule has 0 spiro atoms. The zero-order valence-corrected chi connectivity index (χ0v) is 10.5. The molecule has 1 atom stereocenters. The van der Waals surface area contributed by atoms with Crippen molar-refractivity contribution in [2.24, 2.45) is 0 Å². The number of benzene rings is 1. The first kappa shape index (κ1) is 14.0. The minimum absolute atomic E-state index is 0.0692. The highest BCUT2D eigenvalue weighted by molar-refractivity contribution is 5.59. The van der Waals surface area contributed by atoms with Crippen molar-refractivity contribution in [2.45, 2.75) is 31.5 Å². The third kappa shape index (κ3) is 3.76. The van der Waals surface area contributed by atoms with Gasteiger partial charge < -0.3 is 15.8 Å². The second-order valence-corrected chi connectivity index (χ2v) is 4.65. The fraction of sp³-hybridized carbons (Fsp3) is 0.538. The first-order chi connectivity index (χ1) is 8.97. The van der Waals surface area contributed by atoms with Crippen LogP contribution in [-0.4, -0.2) is 19.3 Å². The Morgan fingerprint density at radius 2 is 2.16 bits per heavy atom. The largest absolute Gasteiger partial charge is 0.418 e. The van der Waals surface area contributed by atoms with Crippen LogP contribution in [0.3, 0.4) is 0 Å². The molecule has 0 saturated carbocycles. The Morgan fingerprint density at radius 3 is 2.79 bits per heavy atom. The number of hydrogen-bond donors (Lipinski definition) is 2. The average Bonchev–Trinajstić information content (AvgIpc) is 2.83. The summed E-state index contributed by atoms with van der Waals surface area (Å²) in [6.45, 7) is 1.21. The molecule has 0 aliphatic carbocycles. The van der Waals surface area contributed by atoms with E-state index in [2.05, 4.69) is 5.32 Å². The van der Waals surface area contributed by atoms with Crippen molar-refractivity contribution in [1.82, 2.24) is 0 Å². The van der Waals surface area contributed by atoms with Crippen molar-refractivity contribution in [3.05, 3.63) is 23.8 Å². The fourth-order valence-corrected chi connectivity index (χ4v) is 2.19. The number of ether oxygens (including phenoxy) is 1. The smallest absolute Gasteiger partial charge is 0.399 e. The van der Waals surface area contributed by atoms with Crippen molar-refractivity contribution in [3.8, 4) is 0 Å². The van der Waals surface area contributed by atoms with Crippen LogP contribution in [-0.2, 0) is 10.9 Å². The highest BCUT2D eigenvalue weighted by atomic mass is 19.4. The molecule has 1 saturated heterocycles. The molecule has 0 aromatic heterocycles. The molecule has 106 valence electrons. The number of anilines is 2. The minimum atomic E-state index is -4.40. The molecule has 1 unspecified atom stereocenters. The van der Waals surface area contributed by atoms with Gasteiger partial charge in [0.25, 0.3) is 0 Å². The Morgan fingerprint density at radius 1 is 1.37 bits per heavy atom. The lowest BCUT2D eigenvalue weighted by Gasteiger charge is -2.16. The summed E-state index contributed by atoms with van der Waals surface area (Å²) in [4.78, 5) is 0. The van der Waals surface area contributed by atoms with Crippen molar-refractivity contribution in [2.75, 3.05) is 24.2 Å². The third-order valence-corrected chi connectivity index (χ3v) is 3.15. The zero-order chi connectivity index (χ0) is 13.9. The van der Waals surface area contributed by atoms with E-state index in [1.807, 2.05) is 0 Å². The van der Waals surface area contributed by atoms with Crippen LogP contribution in [0.2, 0.25) is 0 Å². The highest BCUT2D eigenvalue weighted by Crippen LogP contribution is 2.36. The summed E-state index contributed by atoms with van der Waals surface area (Å²) in [5, 5.41) is 2.82. The lowest BCUT2D eigenvalue weighted by molar-refractivity contribution is -0.136. The van der Waals surface area contributed by atoms with Crippen LogP contribution in [0.4, 0.5) is 24.5 Å². The molecule has 1 heterocycles. The summed E-state index contributed by atoms with van der Waals surface area (Å²) in [5.74, 6) is 0. The number of nitrogen functional groups attached to an aromatic ring is 1. The van der Waals surface area contributed by atoms with E-state index in [9.17, 15) is 13.2 Å². The molecule has 1 aliphatic rings. The predicted molar refractivity (Wildman–Crippen MR) is 67.9 cm³/mol. The van der Waals surface area contributed by atoms with E-state index in [1.165, 1.54) is 12.1 Å². The maximum absolute atomic E-state index is 12.8. The Kier molecular flexibility index (Phi) is 4.19. The van der Waals surface area contributed by atoms with Gasteiger partial charge in [0.1, 0.15) is 0 Å². The Labute approximate surface area is 109 Å². The van der Waals surface area contributed by atoms with Crippen molar-refractivity contribution in [3.63, 3.8) is 0 Å². The number of halogens is 3. The van der Waals surface area contributed by atoms with E-state index in [0.717, 1.165) is 25.5 Å². The number of rotatable bonds is 4. The van der Waals surface area contributed by atoms with Crippen LogP contribution in [0.1, 0.15) is 24.8 Å². The topological polar surface area (TPSA) is 47.3 Å². The molecule has 1 fully saturated rings. The molecular weight excluding hydrogens is 257 g/mol. The first-order valence-electron chi connectivity index (χ1n) is 6.29. The molecule has 1 aromatic carbocycles. The van der Waals surface area contributed by atoms with Gasteiger partial charge in [-0.2, -0.15) is 13.2 Å². The average molecular weight is 274 g/mol. The van der Waals surface area contributed by atoms with E-state index in [-0.39, 0.29) is 17.5 Å². The summed E-state index contributed by atoms with van der Waals surface area (Å²) in [7, 11) is 0. The van der Waals surface area contributed by atoms with E-state index in [1.54, 1.807) is 0 Å². The van der Waals surface area contributed by atoms with E-state index < -0.39 is 11.7 Å². The van der Waals surface area contributed by atoms with Crippen LogP contribution in [0.5, 0.6) is 0 Å². The SMILES string of the molecule is Nc1ccc(NCCC2CCCO2)c(C(F)(F)F)c1. The molecule has 0 amide bonds. The summed E-state index contributed by atoms with van der Waals surface area (Å²) in [6, 6.07) is 3.78. The van der Waals surface area contributed by atoms with Crippen LogP contribution >= 0.6 is 0 Å². The predicted octanol–water partition coefficient (Wildman–Crippen LogP) is 3.27. The van der Waals surface area contributed by atoms with Gasteiger partial charge in [-0.15, -0.1) is 0 Å². The molecule has 0 radical (unpaired) electrons. The Balaban J connectivity index is 1.98. The molecule has 1 aliphatic heterocycles. The van der Waals surface area contributed by atoms with Gasteiger partial charge in [-0.1, -0.05) is 0 Å². The van der Waals surface area contributed by atoms with E-state index in [0.29, 0.717) is 13.0 Å². The maximum atomic E-state index is 12.8. The summed E-state index contributed by atoms with van der Waals surface area (Å²) >= 11 is 0. The first-order valence-corrected chi connectivity index (χ1v) is 6.29. The maximum Gasteiger partial charge on any atom is 0.418 e. The second kappa shape index (κ2) is 5.69. The van der Waals surface area contributed by atoms with Gasteiger partial charge in [0.05, 0.1) is 11.7 Å². The number of nitrogens with one attached hydrogen (secondary N) is 1. The molecular formula is C13H17F3N2O. The van der Waals surface area contributed by atoms with Gasteiger partial charge in [-0.3, -0.25) is 0 Å². The number of nitrogens with two attached hydrogens (primary N) is 1. The van der Waals surface area contributed by atoms with E-state index >= 15 is 0 Å². The van der Waals surface area contributed by atoms with Gasteiger partial charge in [0.2, 0.25) is 0 Å². The molecule has 1 aromatic rings. The highest BCUT2D eigenvalue weighted by Gasteiger charge is 2.33. The summed E-state index contributed by atoms with van der Waals surface area (Å²) in [6.07, 6.45) is -1.52. The summed E-state index contributed by atoms with van der Waals surface area (Å²) < 4.78 is 43.9. The van der Waals surface area contributed by atoms with Crippen molar-refractivity contribution in [1.29, 1.82) is 0 Å². The van der Waals surface area contributed by atoms with Gasteiger partial charge in [-0.05, 0) is 37.5 Å². The number of alkyl halides is 3. The van der Waals surface area contributed by atoms with Gasteiger partial charge in [0.15, 0.2) is 0 Å². The van der Waals surface area contributed by atoms with Crippen LogP contribution < -0.4 is 11.1 Å². The quantitative estimate of drug-likeness (QED) is 0.828. The lowest BCUT2D eigenvalue weighted by Crippen LogP contribution is -2.16. The van der Waals surface area contributed by atoms with Gasteiger partial charge >= 0.3 is 6.18 Å². The van der Waals surface area contributed by atoms with Crippen LogP contribution in [0.25, 0.3) is 0 Å². The molecule has 19 heavy (non-hydrogen) atoms. The standard InChI is InChI=1S/C13H17F3N2O/c14-13(15,16)11-8-9(17)3-4-12(11)18-6-5-10-2-1-7-19-10/h3-4,8,10,18H,1-2,5-7,17H2. The minimum Gasteiger partial charge on any atom is -0.399 e. The normalized spacial score (nSPS) is 19.6. The fourth-order valence-electron chi connectivity index (χ4n) is 2.19. The lowest BCUT2D eigenvalue weighted by atomic mass is 10.1. The van der Waals surface area contributed by atoms with Gasteiger partial charge in [0, 0.05) is 24.5 Å². The van der Waals surface area contributed by atoms with Gasteiger partial charge in [-0.25, -0.2) is 0 Å². The van der Waals surface area contributed by atoms with Crippen LogP contribution in [0, 0.1) is 0 Å². The van der Waals surface area contributed by atoms with Crippen molar-refractivity contribution < 1.29 is 17.9 Å². The Hall–Kier alpha value is -1.43. The molecule has 3 N–H and O–H groups in total. The third-order valence-electron chi connectivity index (χ3n) is 3.15. The number of hydrogen-bond acceptors (Lipinski definition) is 3. The summed E-state index contributed by atoms with van der Waals surface area (Å²) in [5.41, 5.74) is 4.86. The molecule has 3 nitrogen and oxygen atoms in total. The second-order valence-electron chi connectivity index (χ2n) is 4.65. The zero-order valence-electron chi connectivity index (χ0n) is 10.5. The monoisotopic (exact) mass is 274 g/mol. The van der Waals surface area contributed by atoms with Crippen molar-refractivity contribution >= 4 is 11.4 Å². The Bertz CT molecular complexity index is 428. The van der Waals surface area contributed by atoms with E-state index in [4.69, 9.17) is 10.5 Å². The molecule has 6 heteroatoms. The molecule has 0 bridgehead atoms.